The number of amides is 1. The van der Waals surface area contributed by atoms with Crippen LogP contribution < -0.4 is 14.8 Å². The van der Waals surface area contributed by atoms with Gasteiger partial charge in [0.15, 0.2) is 11.5 Å². The van der Waals surface area contributed by atoms with E-state index in [0.717, 1.165) is 21.1 Å². The van der Waals surface area contributed by atoms with Crippen LogP contribution in [0.4, 0.5) is 5.69 Å². The normalized spacial score (nSPS) is 12.4. The number of thioether (sulfide) groups is 1. The molecule has 5 rings (SSSR count). The Morgan fingerprint density at radius 2 is 2.18 bits per heavy atom. The van der Waals surface area contributed by atoms with Crippen molar-refractivity contribution in [2.45, 2.75) is 5.03 Å². The summed E-state index contributed by atoms with van der Waals surface area (Å²) in [5.41, 5.74) is 2.45. The molecule has 0 unspecified atom stereocenters. The van der Waals surface area contributed by atoms with E-state index < -0.39 is 0 Å². The van der Waals surface area contributed by atoms with Crippen molar-refractivity contribution < 1.29 is 14.3 Å². The second kappa shape index (κ2) is 7.17. The van der Waals surface area contributed by atoms with Gasteiger partial charge in [-0.3, -0.25) is 4.79 Å². The van der Waals surface area contributed by atoms with Gasteiger partial charge in [0.05, 0.1) is 16.1 Å². The van der Waals surface area contributed by atoms with Crippen LogP contribution in [0.2, 0.25) is 0 Å². The maximum atomic E-state index is 12.4. The summed E-state index contributed by atoms with van der Waals surface area (Å²) in [6, 6.07) is 11.4. The molecule has 0 radical (unpaired) electrons. The molecule has 4 heterocycles. The van der Waals surface area contributed by atoms with Gasteiger partial charge in [-0.1, -0.05) is 17.8 Å². The molecule has 9 heteroatoms. The van der Waals surface area contributed by atoms with Crippen LogP contribution in [0.3, 0.4) is 0 Å². The van der Waals surface area contributed by atoms with Crippen LogP contribution in [0.5, 0.6) is 11.5 Å². The smallest absolute Gasteiger partial charge is 0.234 e. The van der Waals surface area contributed by atoms with Gasteiger partial charge in [-0.25, -0.2) is 9.50 Å². The fraction of sp³-hybridized carbons (Fsp3) is 0.105. The molecule has 3 aromatic heterocycles. The van der Waals surface area contributed by atoms with Crippen molar-refractivity contribution in [3.8, 4) is 22.1 Å². The molecular weight excluding hydrogens is 396 g/mol. The summed E-state index contributed by atoms with van der Waals surface area (Å²) in [5, 5.41) is 10.2. The Labute approximate surface area is 168 Å². The van der Waals surface area contributed by atoms with Gasteiger partial charge < -0.3 is 14.8 Å². The van der Waals surface area contributed by atoms with Gasteiger partial charge in [0.25, 0.3) is 0 Å². The molecule has 0 bridgehead atoms. The van der Waals surface area contributed by atoms with Crippen LogP contribution in [0.15, 0.2) is 59.2 Å². The number of hydrogen-bond donors (Lipinski definition) is 1. The lowest BCUT2D eigenvalue weighted by atomic mass is 10.3. The van der Waals surface area contributed by atoms with E-state index in [1.165, 1.54) is 11.8 Å². The van der Waals surface area contributed by atoms with Crippen LogP contribution in [-0.2, 0) is 4.79 Å². The lowest BCUT2D eigenvalue weighted by molar-refractivity contribution is -0.113. The van der Waals surface area contributed by atoms with Crippen LogP contribution in [0.25, 0.3) is 16.1 Å². The third-order valence-electron chi connectivity index (χ3n) is 4.12. The molecule has 7 nitrogen and oxygen atoms in total. The van der Waals surface area contributed by atoms with Gasteiger partial charge in [-0.05, 0) is 29.6 Å². The standard InChI is InChI=1S/C19H14N4O3S2/c24-18(21-12-3-4-15-16(8-12)26-11-25-15)10-28-19-14-9-13(17-2-1-7-27-17)22-23(14)6-5-20-19/h1-9H,10-11H2,(H,21,24). The quantitative estimate of drug-likeness (QED) is 0.503. The molecule has 4 aromatic rings. The van der Waals surface area contributed by atoms with Gasteiger partial charge in [0.2, 0.25) is 12.7 Å². The molecule has 1 amide bonds. The Bertz CT molecular complexity index is 1160. The van der Waals surface area contributed by atoms with Crippen molar-refractivity contribution >= 4 is 40.2 Å². The summed E-state index contributed by atoms with van der Waals surface area (Å²) in [5.74, 6) is 1.44. The van der Waals surface area contributed by atoms with E-state index in [2.05, 4.69) is 15.4 Å². The lowest BCUT2D eigenvalue weighted by Gasteiger charge is -2.06. The number of nitrogens with zero attached hydrogens (tertiary/aromatic N) is 3. The topological polar surface area (TPSA) is 77.8 Å². The van der Waals surface area contributed by atoms with Gasteiger partial charge in [-0.15, -0.1) is 11.3 Å². The first-order chi connectivity index (χ1) is 13.8. The minimum absolute atomic E-state index is 0.120. The summed E-state index contributed by atoms with van der Waals surface area (Å²) >= 11 is 3.02. The summed E-state index contributed by atoms with van der Waals surface area (Å²) < 4.78 is 12.4. The predicted molar refractivity (Wildman–Crippen MR) is 108 cm³/mol. The number of hydrogen-bond acceptors (Lipinski definition) is 7. The Hall–Kier alpha value is -3.04. The van der Waals surface area contributed by atoms with Gasteiger partial charge in [0, 0.05) is 24.1 Å². The number of aromatic nitrogens is 3. The Morgan fingerprint density at radius 1 is 1.25 bits per heavy atom. The zero-order valence-electron chi connectivity index (χ0n) is 14.5. The average molecular weight is 410 g/mol. The molecule has 0 spiro atoms. The summed E-state index contributed by atoms with van der Waals surface area (Å²) in [4.78, 5) is 17.9. The molecule has 1 aromatic carbocycles. The number of carbonyl (C=O) groups excluding carboxylic acids is 1. The molecule has 28 heavy (non-hydrogen) atoms. The fourth-order valence-electron chi connectivity index (χ4n) is 2.86. The number of nitrogens with one attached hydrogen (secondary N) is 1. The summed E-state index contributed by atoms with van der Waals surface area (Å²) in [6.45, 7) is 0.205. The number of thiophene rings is 1. The number of carbonyl (C=O) groups is 1. The second-order valence-electron chi connectivity index (χ2n) is 5.97. The SMILES string of the molecule is O=C(CSc1nccn2nc(-c3cccs3)cc12)Nc1ccc2c(c1)OCO2. The van der Waals surface area contributed by atoms with E-state index in [1.807, 2.05) is 29.8 Å². The van der Waals surface area contributed by atoms with Crippen molar-refractivity contribution in [2.24, 2.45) is 0 Å². The minimum atomic E-state index is -0.120. The summed E-state index contributed by atoms with van der Waals surface area (Å²) in [7, 11) is 0. The first-order valence-corrected chi connectivity index (χ1v) is 10.3. The molecule has 0 aliphatic carbocycles. The van der Waals surface area contributed by atoms with Crippen molar-refractivity contribution in [3.63, 3.8) is 0 Å². The third-order valence-corrected chi connectivity index (χ3v) is 6.01. The van der Waals surface area contributed by atoms with Crippen molar-refractivity contribution in [1.29, 1.82) is 0 Å². The Kier molecular flexibility index (Phi) is 4.38. The molecule has 1 aliphatic rings. The number of benzene rings is 1. The maximum Gasteiger partial charge on any atom is 0.234 e. The molecule has 140 valence electrons. The number of ether oxygens (including phenoxy) is 2. The van der Waals surface area contributed by atoms with E-state index in [-0.39, 0.29) is 18.5 Å². The highest BCUT2D eigenvalue weighted by Gasteiger charge is 2.15. The monoisotopic (exact) mass is 410 g/mol. The molecule has 0 saturated carbocycles. The molecule has 1 aliphatic heterocycles. The molecule has 0 fully saturated rings. The van der Waals surface area contributed by atoms with E-state index in [1.54, 1.807) is 40.2 Å². The van der Waals surface area contributed by atoms with Crippen molar-refractivity contribution in [1.82, 2.24) is 14.6 Å². The number of anilines is 1. The van der Waals surface area contributed by atoms with E-state index >= 15 is 0 Å². The molecule has 0 atom stereocenters. The third kappa shape index (κ3) is 3.30. The van der Waals surface area contributed by atoms with Gasteiger partial charge >= 0.3 is 0 Å². The fourth-order valence-corrected chi connectivity index (χ4v) is 4.32. The van der Waals surface area contributed by atoms with Crippen LogP contribution in [-0.4, -0.2) is 33.1 Å². The first kappa shape index (κ1) is 17.1. The maximum absolute atomic E-state index is 12.4. The lowest BCUT2D eigenvalue weighted by Crippen LogP contribution is -2.14. The van der Waals surface area contributed by atoms with Crippen LogP contribution in [0.1, 0.15) is 0 Å². The molecule has 0 saturated heterocycles. The highest BCUT2D eigenvalue weighted by molar-refractivity contribution is 8.00. The zero-order valence-corrected chi connectivity index (χ0v) is 16.1. The van der Waals surface area contributed by atoms with Crippen LogP contribution >= 0.6 is 23.1 Å². The molecular formula is C19H14N4O3S2. The first-order valence-electron chi connectivity index (χ1n) is 8.47. The van der Waals surface area contributed by atoms with E-state index in [9.17, 15) is 4.79 Å². The van der Waals surface area contributed by atoms with Crippen molar-refractivity contribution in [3.05, 3.63) is 54.2 Å². The Balaban J connectivity index is 1.29. The number of fused-ring (bicyclic) bond motifs is 2. The Morgan fingerprint density at radius 3 is 3.07 bits per heavy atom. The number of rotatable bonds is 5. The largest absolute Gasteiger partial charge is 0.454 e. The highest BCUT2D eigenvalue weighted by atomic mass is 32.2. The van der Waals surface area contributed by atoms with Gasteiger partial charge in [-0.2, -0.15) is 5.10 Å². The van der Waals surface area contributed by atoms with E-state index in [0.29, 0.717) is 17.2 Å². The predicted octanol–water partition coefficient (Wildman–Crippen LogP) is 3.92. The average Bonchev–Trinajstić information content (AvgIpc) is 3.45. The van der Waals surface area contributed by atoms with Crippen molar-refractivity contribution in [2.75, 3.05) is 17.9 Å². The highest BCUT2D eigenvalue weighted by Crippen LogP contribution is 2.34. The van der Waals surface area contributed by atoms with E-state index in [4.69, 9.17) is 9.47 Å². The molecule has 1 N–H and O–H groups in total. The zero-order chi connectivity index (χ0) is 18.9. The second-order valence-corrected chi connectivity index (χ2v) is 7.89. The summed E-state index contributed by atoms with van der Waals surface area (Å²) in [6.07, 6.45) is 3.50. The van der Waals surface area contributed by atoms with Crippen LogP contribution in [0, 0.1) is 0 Å². The minimum Gasteiger partial charge on any atom is -0.454 e. The van der Waals surface area contributed by atoms with Gasteiger partial charge in [0.1, 0.15) is 10.7 Å².